The Morgan fingerprint density at radius 2 is 2.06 bits per heavy atom. The number of cyclic esters (lactones) is 1. The van der Waals surface area contributed by atoms with E-state index in [0.717, 1.165) is 29.3 Å². The molecular formula is C24H31IO7. The van der Waals surface area contributed by atoms with Gasteiger partial charge in [-0.2, -0.15) is 0 Å². The number of alkyl halides is 1. The Bertz CT molecular complexity index is 935. The Labute approximate surface area is 201 Å². The first-order valence-corrected chi connectivity index (χ1v) is 13.6. The van der Waals surface area contributed by atoms with Crippen molar-refractivity contribution in [3.8, 4) is 0 Å². The minimum absolute atomic E-state index is 0.0126. The van der Waals surface area contributed by atoms with E-state index in [-0.39, 0.29) is 60.3 Å². The van der Waals surface area contributed by atoms with Crippen LogP contribution in [0.2, 0.25) is 0 Å². The predicted molar refractivity (Wildman–Crippen MR) is 120 cm³/mol. The molecule has 0 amide bonds. The first kappa shape index (κ1) is 21.1. The van der Waals surface area contributed by atoms with Gasteiger partial charge in [0.1, 0.15) is 36.1 Å². The topological polar surface area (TPSA) is 93.4 Å². The molecule has 3 aliphatic carbocycles. The van der Waals surface area contributed by atoms with Gasteiger partial charge in [0.2, 0.25) is 0 Å². The normalized spacial score (nSPS) is 54.6. The maximum atomic E-state index is 12.3. The van der Waals surface area contributed by atoms with Crippen LogP contribution in [0.1, 0.15) is 46.5 Å². The average Bonchev–Trinajstić information content (AvgIpc) is 3.66. The number of epoxide rings is 3. The Hall–Kier alpha value is -0.260. The van der Waals surface area contributed by atoms with Crippen LogP contribution in [0.25, 0.3) is 0 Å². The van der Waals surface area contributed by atoms with Gasteiger partial charge in [-0.3, -0.25) is 0 Å². The maximum absolute atomic E-state index is 12.3. The van der Waals surface area contributed by atoms with Crippen molar-refractivity contribution in [2.24, 2.45) is 17.3 Å². The third-order valence-electron chi connectivity index (χ3n) is 10.0. The molecule has 8 heteroatoms. The van der Waals surface area contributed by atoms with Crippen LogP contribution >= 0.6 is 22.6 Å². The van der Waals surface area contributed by atoms with E-state index in [1.54, 1.807) is 0 Å². The van der Waals surface area contributed by atoms with Crippen molar-refractivity contribution in [3.05, 3.63) is 11.1 Å². The summed E-state index contributed by atoms with van der Waals surface area (Å²) in [6.07, 6.45) is 2.90. The van der Waals surface area contributed by atoms with Crippen LogP contribution in [0, 0.1) is 17.3 Å². The van der Waals surface area contributed by atoms with Gasteiger partial charge in [0.05, 0.1) is 12.2 Å². The molecule has 4 heterocycles. The lowest BCUT2D eigenvalue weighted by Crippen LogP contribution is -2.70. The molecule has 0 aromatic heterocycles. The number of hydrogen-bond acceptors (Lipinski definition) is 7. The second kappa shape index (κ2) is 6.29. The van der Waals surface area contributed by atoms with Crippen LogP contribution in [0.4, 0.5) is 0 Å². The summed E-state index contributed by atoms with van der Waals surface area (Å²) >= 11 is 2.34. The zero-order valence-electron chi connectivity index (χ0n) is 18.8. The number of aliphatic hydroxyl groups excluding tert-OH is 1. The molecule has 7 rings (SSSR count). The van der Waals surface area contributed by atoms with E-state index in [2.05, 4.69) is 43.4 Å². The Morgan fingerprint density at radius 1 is 1.25 bits per heavy atom. The molecule has 0 radical (unpaired) electrons. The number of aliphatic hydroxyl groups is 1. The molecule has 10 atom stereocenters. The van der Waals surface area contributed by atoms with E-state index in [1.807, 2.05) is 0 Å². The number of esters is 1. The first-order chi connectivity index (χ1) is 15.3. The third-order valence-corrected chi connectivity index (χ3v) is 11.0. The van der Waals surface area contributed by atoms with Gasteiger partial charge < -0.3 is 28.8 Å². The smallest absolute Gasteiger partial charge is 0.334 e. The molecule has 10 unspecified atom stereocenters. The quantitative estimate of drug-likeness (QED) is 0.232. The van der Waals surface area contributed by atoms with Gasteiger partial charge in [0.15, 0.2) is 5.60 Å². The molecule has 32 heavy (non-hydrogen) atoms. The molecule has 1 N–H and O–H groups in total. The summed E-state index contributed by atoms with van der Waals surface area (Å²) in [5.74, 6) is 0.367. The molecule has 0 bridgehead atoms. The monoisotopic (exact) mass is 558 g/mol. The molecule has 7 nitrogen and oxygen atoms in total. The fourth-order valence-electron chi connectivity index (χ4n) is 8.39. The van der Waals surface area contributed by atoms with Gasteiger partial charge in [-0.25, -0.2) is 4.79 Å². The third kappa shape index (κ3) is 2.08. The summed E-state index contributed by atoms with van der Waals surface area (Å²) in [7, 11) is 0. The zero-order chi connectivity index (χ0) is 22.3. The van der Waals surface area contributed by atoms with Gasteiger partial charge in [0.25, 0.3) is 0 Å². The summed E-state index contributed by atoms with van der Waals surface area (Å²) in [4.78, 5) is 12.3. The maximum Gasteiger partial charge on any atom is 0.334 e. The standard InChI is InChI=1S/C24H31IO7/c1-11(2)22-17(31-22)18-24(32-18)21(3)6-4-13-14(10-28-19(13)27)15(21)8-16-23(24,30-16)20(22)29-12(9-25)5-7-26/h11-12,15-18,20,26H,4-10H2,1-3H3. The van der Waals surface area contributed by atoms with Crippen molar-refractivity contribution in [1.82, 2.24) is 0 Å². The molecule has 0 aromatic rings. The lowest BCUT2D eigenvalue weighted by molar-refractivity contribution is -0.145. The highest BCUT2D eigenvalue weighted by molar-refractivity contribution is 14.1. The number of carbonyl (C=O) groups excluding carboxylic acids is 1. The molecule has 2 spiro atoms. The van der Waals surface area contributed by atoms with E-state index in [1.165, 1.54) is 5.57 Å². The molecule has 4 aliphatic heterocycles. The number of halogens is 1. The summed E-state index contributed by atoms with van der Waals surface area (Å²) in [6, 6.07) is 0. The minimum Gasteiger partial charge on any atom is -0.458 e. The lowest BCUT2D eigenvalue weighted by Gasteiger charge is -2.54. The lowest BCUT2D eigenvalue weighted by atomic mass is 9.46. The Balaban J connectivity index is 1.33. The summed E-state index contributed by atoms with van der Waals surface area (Å²) in [5, 5.41) is 9.60. The van der Waals surface area contributed by atoms with Crippen LogP contribution in [0.5, 0.6) is 0 Å². The fraction of sp³-hybridized carbons (Fsp3) is 0.875. The highest BCUT2D eigenvalue weighted by Crippen LogP contribution is 2.83. The van der Waals surface area contributed by atoms with Crippen molar-refractivity contribution in [2.45, 2.75) is 93.8 Å². The van der Waals surface area contributed by atoms with Gasteiger partial charge in [-0.15, -0.1) is 0 Å². The average molecular weight is 558 g/mol. The number of fused-ring (bicyclic) bond motifs is 4. The Kier molecular flexibility index (Phi) is 4.14. The van der Waals surface area contributed by atoms with Crippen molar-refractivity contribution in [3.63, 3.8) is 0 Å². The van der Waals surface area contributed by atoms with Gasteiger partial charge in [0, 0.05) is 22.0 Å². The number of ether oxygens (including phenoxy) is 5. The van der Waals surface area contributed by atoms with E-state index in [4.69, 9.17) is 23.7 Å². The molecule has 176 valence electrons. The van der Waals surface area contributed by atoms with E-state index >= 15 is 0 Å². The second-order valence-electron chi connectivity index (χ2n) is 11.3. The predicted octanol–water partition coefficient (Wildman–Crippen LogP) is 2.31. The van der Waals surface area contributed by atoms with Crippen molar-refractivity contribution in [2.75, 3.05) is 17.6 Å². The van der Waals surface area contributed by atoms with Crippen LogP contribution < -0.4 is 0 Å². The highest BCUT2D eigenvalue weighted by atomic mass is 127. The molecule has 7 aliphatic rings. The molecule has 2 saturated carbocycles. The van der Waals surface area contributed by atoms with Crippen LogP contribution in [0.3, 0.4) is 0 Å². The largest absolute Gasteiger partial charge is 0.458 e. The molecule has 5 fully saturated rings. The Morgan fingerprint density at radius 3 is 2.78 bits per heavy atom. The van der Waals surface area contributed by atoms with Crippen molar-refractivity contribution < 1.29 is 33.6 Å². The number of carbonyl (C=O) groups is 1. The number of hydrogen-bond donors (Lipinski definition) is 1. The summed E-state index contributed by atoms with van der Waals surface area (Å²) < 4.78 is 33.1. The fourth-order valence-corrected chi connectivity index (χ4v) is 9.04. The van der Waals surface area contributed by atoms with Crippen LogP contribution in [-0.4, -0.2) is 76.0 Å². The van der Waals surface area contributed by atoms with Gasteiger partial charge in [-0.05, 0) is 43.1 Å². The van der Waals surface area contributed by atoms with Crippen LogP contribution in [-0.2, 0) is 28.5 Å². The minimum atomic E-state index is -0.513. The first-order valence-electron chi connectivity index (χ1n) is 12.1. The highest BCUT2D eigenvalue weighted by Gasteiger charge is 3.00. The van der Waals surface area contributed by atoms with Gasteiger partial charge >= 0.3 is 5.97 Å². The van der Waals surface area contributed by atoms with E-state index in [0.29, 0.717) is 13.0 Å². The summed E-state index contributed by atoms with van der Waals surface area (Å²) in [5.41, 5.74) is 0.568. The van der Waals surface area contributed by atoms with Crippen molar-refractivity contribution >= 4 is 28.6 Å². The second-order valence-corrected chi connectivity index (χ2v) is 12.2. The SMILES string of the molecule is CC(C)C12OC1C1OC13C1(C)CCC4=C(COC4=O)C1CC1OC13C2OC(CI)CCO. The van der Waals surface area contributed by atoms with E-state index in [9.17, 15) is 9.90 Å². The molecule has 0 aromatic carbocycles. The number of rotatable bonds is 6. The molecular weight excluding hydrogens is 527 g/mol. The van der Waals surface area contributed by atoms with Crippen LogP contribution in [0.15, 0.2) is 11.1 Å². The molecule has 3 saturated heterocycles. The van der Waals surface area contributed by atoms with Gasteiger partial charge in [-0.1, -0.05) is 43.4 Å². The zero-order valence-corrected chi connectivity index (χ0v) is 20.9. The van der Waals surface area contributed by atoms with E-state index < -0.39 is 16.8 Å². The van der Waals surface area contributed by atoms with Crippen molar-refractivity contribution in [1.29, 1.82) is 0 Å². The summed E-state index contributed by atoms with van der Waals surface area (Å²) in [6.45, 7) is 7.27.